The molecule has 0 aromatic carbocycles. The van der Waals surface area contributed by atoms with Gasteiger partial charge < -0.3 is 14.7 Å². The van der Waals surface area contributed by atoms with E-state index >= 15 is 0 Å². The van der Waals surface area contributed by atoms with E-state index in [4.69, 9.17) is 4.74 Å². The molecule has 19 heavy (non-hydrogen) atoms. The summed E-state index contributed by atoms with van der Waals surface area (Å²) in [6.07, 6.45) is 7.73. The quantitative estimate of drug-likeness (QED) is 0.748. The van der Waals surface area contributed by atoms with Crippen molar-refractivity contribution in [2.45, 2.75) is 43.4 Å². The number of carboxylic acids is 1. The molecule has 2 saturated heterocycles. The molecule has 4 aliphatic rings. The summed E-state index contributed by atoms with van der Waals surface area (Å²) in [5.41, 5.74) is -0.659. The molecule has 0 radical (unpaired) electrons. The number of hydrogen-bond donors (Lipinski definition) is 1. The second-order valence-electron chi connectivity index (χ2n) is 6.14. The van der Waals surface area contributed by atoms with E-state index < -0.39 is 29.5 Å². The molecular weight excluding hydrogens is 246 g/mol. The molecule has 0 unspecified atom stereocenters. The number of rotatable bonds is 2. The number of nitrogens with zero attached hydrogens (tertiary/aromatic N) is 1. The van der Waals surface area contributed by atoms with Crippen molar-refractivity contribution in [3.8, 4) is 0 Å². The lowest BCUT2D eigenvalue weighted by Crippen LogP contribution is -2.40. The fourth-order valence-corrected chi connectivity index (χ4v) is 4.34. The first-order valence-electron chi connectivity index (χ1n) is 7.03. The smallest absolute Gasteiger partial charge is 0.310 e. The van der Waals surface area contributed by atoms with Gasteiger partial charge in [0.25, 0.3) is 0 Å². The van der Waals surface area contributed by atoms with Crippen LogP contribution in [-0.2, 0) is 14.3 Å². The average molecular weight is 263 g/mol. The van der Waals surface area contributed by atoms with Crippen LogP contribution >= 0.6 is 0 Å². The van der Waals surface area contributed by atoms with Crippen LogP contribution in [0.2, 0.25) is 0 Å². The van der Waals surface area contributed by atoms with Crippen LogP contribution in [0.25, 0.3) is 0 Å². The Kier molecular flexibility index (Phi) is 2.17. The Morgan fingerprint density at radius 2 is 2.16 bits per heavy atom. The molecule has 4 rings (SSSR count). The molecule has 2 bridgehead atoms. The molecule has 1 saturated carbocycles. The summed E-state index contributed by atoms with van der Waals surface area (Å²) >= 11 is 0. The predicted octanol–water partition coefficient (Wildman–Crippen LogP) is 0.796. The number of fused-ring (bicyclic) bond motifs is 1. The molecule has 1 N–H and O–H groups in total. The molecule has 1 aliphatic carbocycles. The lowest BCUT2D eigenvalue weighted by atomic mass is 9.77. The van der Waals surface area contributed by atoms with Gasteiger partial charge in [-0.2, -0.15) is 0 Å². The topological polar surface area (TPSA) is 66.8 Å². The van der Waals surface area contributed by atoms with Crippen LogP contribution in [0.15, 0.2) is 12.2 Å². The van der Waals surface area contributed by atoms with Crippen molar-refractivity contribution in [2.75, 3.05) is 6.54 Å². The highest BCUT2D eigenvalue weighted by Crippen LogP contribution is 2.52. The van der Waals surface area contributed by atoms with E-state index in [0.717, 1.165) is 25.7 Å². The zero-order chi connectivity index (χ0) is 13.2. The van der Waals surface area contributed by atoms with Gasteiger partial charge >= 0.3 is 5.97 Å². The highest BCUT2D eigenvalue weighted by Gasteiger charge is 2.67. The maximum Gasteiger partial charge on any atom is 0.310 e. The zero-order valence-corrected chi connectivity index (χ0v) is 10.6. The molecule has 5 nitrogen and oxygen atoms in total. The van der Waals surface area contributed by atoms with Crippen LogP contribution in [0.4, 0.5) is 0 Å². The second kappa shape index (κ2) is 3.60. The van der Waals surface area contributed by atoms with Crippen molar-refractivity contribution in [3.63, 3.8) is 0 Å². The number of carbonyl (C=O) groups is 2. The van der Waals surface area contributed by atoms with Gasteiger partial charge in [0.15, 0.2) is 0 Å². The van der Waals surface area contributed by atoms with Crippen molar-refractivity contribution in [1.82, 2.24) is 4.90 Å². The van der Waals surface area contributed by atoms with E-state index in [2.05, 4.69) is 0 Å². The Morgan fingerprint density at radius 3 is 2.84 bits per heavy atom. The van der Waals surface area contributed by atoms with Crippen molar-refractivity contribution < 1.29 is 19.4 Å². The number of likely N-dealkylation sites (tertiary alicyclic amines) is 1. The van der Waals surface area contributed by atoms with Gasteiger partial charge in [0.2, 0.25) is 5.91 Å². The van der Waals surface area contributed by atoms with E-state index in [1.807, 2.05) is 17.1 Å². The lowest BCUT2D eigenvalue weighted by molar-refractivity contribution is -0.148. The third-order valence-corrected chi connectivity index (χ3v) is 5.18. The second-order valence-corrected chi connectivity index (χ2v) is 6.14. The Labute approximate surface area is 111 Å². The highest BCUT2D eigenvalue weighted by molar-refractivity contribution is 5.91. The Hall–Kier alpha value is -1.36. The molecule has 4 atom stereocenters. The summed E-state index contributed by atoms with van der Waals surface area (Å²) < 4.78 is 5.86. The molecule has 0 aromatic rings. The molecular formula is C14H17NO4. The van der Waals surface area contributed by atoms with Crippen molar-refractivity contribution >= 4 is 11.9 Å². The first-order valence-corrected chi connectivity index (χ1v) is 7.03. The number of ether oxygens (including phenoxy) is 1. The lowest BCUT2D eigenvalue weighted by Gasteiger charge is -2.26. The normalized spacial score (nSPS) is 44.3. The van der Waals surface area contributed by atoms with Crippen molar-refractivity contribution in [2.24, 2.45) is 11.8 Å². The summed E-state index contributed by atoms with van der Waals surface area (Å²) in [5.74, 6) is -2.14. The monoisotopic (exact) mass is 263 g/mol. The van der Waals surface area contributed by atoms with E-state index in [9.17, 15) is 14.7 Å². The first-order chi connectivity index (χ1) is 9.12. The highest BCUT2D eigenvalue weighted by atomic mass is 16.5. The average Bonchev–Trinajstić information content (AvgIpc) is 3.09. The van der Waals surface area contributed by atoms with Gasteiger partial charge in [0.1, 0.15) is 11.5 Å². The van der Waals surface area contributed by atoms with Crippen LogP contribution in [0.5, 0.6) is 0 Å². The van der Waals surface area contributed by atoms with Crippen LogP contribution < -0.4 is 0 Å². The number of aliphatic carboxylic acids is 1. The summed E-state index contributed by atoms with van der Waals surface area (Å²) in [6.45, 7) is 0.540. The summed E-state index contributed by atoms with van der Waals surface area (Å²) in [5, 5.41) is 9.36. The van der Waals surface area contributed by atoms with Crippen molar-refractivity contribution in [1.29, 1.82) is 0 Å². The molecule has 3 fully saturated rings. The molecule has 1 amide bonds. The third kappa shape index (κ3) is 1.34. The Balaban J connectivity index is 1.69. The number of hydrogen-bond acceptors (Lipinski definition) is 3. The van der Waals surface area contributed by atoms with Gasteiger partial charge in [0, 0.05) is 6.04 Å². The maximum absolute atomic E-state index is 12.6. The summed E-state index contributed by atoms with van der Waals surface area (Å²) in [6, 6.07) is 0.290. The number of carboxylic acid groups (broad SMARTS) is 1. The first kappa shape index (κ1) is 11.5. The van der Waals surface area contributed by atoms with E-state index in [1.165, 1.54) is 0 Å². The minimum Gasteiger partial charge on any atom is -0.481 e. The summed E-state index contributed by atoms with van der Waals surface area (Å²) in [4.78, 5) is 25.9. The summed E-state index contributed by atoms with van der Waals surface area (Å²) in [7, 11) is 0. The standard InChI is InChI=1S/C14H17NO4/c16-12-11-10(13(17)18)9-5-6-14(11,19-9)7-15(12)8-3-1-2-4-8/h5-6,8-11H,1-4,7H2,(H,17,18)/t9-,10+,11-,14+/m0/s1. The van der Waals surface area contributed by atoms with Gasteiger partial charge in [-0.3, -0.25) is 9.59 Å². The Morgan fingerprint density at radius 1 is 1.42 bits per heavy atom. The molecule has 0 aromatic heterocycles. The van der Waals surface area contributed by atoms with Gasteiger partial charge in [0.05, 0.1) is 18.6 Å². The van der Waals surface area contributed by atoms with E-state index in [1.54, 1.807) is 0 Å². The van der Waals surface area contributed by atoms with E-state index in [0.29, 0.717) is 6.54 Å². The van der Waals surface area contributed by atoms with Gasteiger partial charge in [-0.25, -0.2) is 0 Å². The zero-order valence-electron chi connectivity index (χ0n) is 10.6. The molecule has 3 heterocycles. The van der Waals surface area contributed by atoms with E-state index in [-0.39, 0.29) is 11.9 Å². The van der Waals surface area contributed by atoms with Gasteiger partial charge in [-0.1, -0.05) is 25.0 Å². The van der Waals surface area contributed by atoms with Crippen LogP contribution in [-0.4, -0.2) is 46.2 Å². The molecule has 1 spiro atoms. The predicted molar refractivity (Wildman–Crippen MR) is 65.3 cm³/mol. The molecule has 5 heteroatoms. The minimum atomic E-state index is -0.914. The van der Waals surface area contributed by atoms with Gasteiger partial charge in [-0.05, 0) is 12.8 Å². The van der Waals surface area contributed by atoms with Crippen LogP contribution in [0, 0.1) is 11.8 Å². The fraction of sp³-hybridized carbons (Fsp3) is 0.714. The van der Waals surface area contributed by atoms with Gasteiger partial charge in [-0.15, -0.1) is 0 Å². The van der Waals surface area contributed by atoms with Crippen LogP contribution in [0.1, 0.15) is 25.7 Å². The van der Waals surface area contributed by atoms with Crippen molar-refractivity contribution in [3.05, 3.63) is 12.2 Å². The Bertz CT molecular complexity index is 482. The molecule has 102 valence electrons. The number of amides is 1. The third-order valence-electron chi connectivity index (χ3n) is 5.18. The maximum atomic E-state index is 12.6. The SMILES string of the molecule is O=C(O)[C@@H]1[C@@H]2C=C[C@]3(CN(C4CCCC4)C(=O)[C@H]13)O2. The fourth-order valence-electron chi connectivity index (χ4n) is 4.34. The van der Waals surface area contributed by atoms with Crippen LogP contribution in [0.3, 0.4) is 0 Å². The minimum absolute atomic E-state index is 0.00819. The largest absolute Gasteiger partial charge is 0.481 e. The number of carbonyl (C=O) groups excluding carboxylic acids is 1. The molecule has 3 aliphatic heterocycles.